The van der Waals surface area contributed by atoms with E-state index in [2.05, 4.69) is 6.07 Å². The van der Waals surface area contributed by atoms with E-state index in [4.69, 9.17) is 19.2 Å². The Kier molecular flexibility index (Phi) is 5.58. The van der Waals surface area contributed by atoms with Crippen molar-refractivity contribution in [2.75, 3.05) is 27.9 Å². The summed E-state index contributed by atoms with van der Waals surface area (Å²) in [6.07, 6.45) is 2.21. The van der Waals surface area contributed by atoms with Crippen LogP contribution in [0.2, 0.25) is 0 Å². The van der Waals surface area contributed by atoms with Crippen LogP contribution in [-0.4, -0.2) is 43.7 Å². The van der Waals surface area contributed by atoms with E-state index in [1.54, 1.807) is 32.7 Å². The second-order valence-corrected chi connectivity index (χ2v) is 8.04. The zero-order valence-electron chi connectivity index (χ0n) is 16.8. The lowest BCUT2D eigenvalue weighted by Crippen LogP contribution is -2.31. The Hall–Kier alpha value is -2.80. The molecule has 1 aromatic heterocycles. The number of nitrogens with zero attached hydrogens (tertiary/aromatic N) is 2. The highest BCUT2D eigenvalue weighted by molar-refractivity contribution is 7.18. The molecule has 0 bridgehead atoms. The Morgan fingerprint density at radius 2 is 1.86 bits per heavy atom. The first kappa shape index (κ1) is 19.5. The molecule has 6 nitrogen and oxygen atoms in total. The lowest BCUT2D eigenvalue weighted by atomic mass is 10.1. The zero-order valence-corrected chi connectivity index (χ0v) is 17.6. The molecule has 3 aromatic rings. The van der Waals surface area contributed by atoms with E-state index in [-0.39, 0.29) is 18.4 Å². The largest absolute Gasteiger partial charge is 0.493 e. The number of rotatable bonds is 6. The summed E-state index contributed by atoms with van der Waals surface area (Å²) in [5.74, 6) is 1.72. The van der Waals surface area contributed by atoms with E-state index >= 15 is 0 Å². The van der Waals surface area contributed by atoms with Crippen LogP contribution in [0.3, 0.4) is 0 Å². The van der Waals surface area contributed by atoms with Gasteiger partial charge in [-0.15, -0.1) is 11.3 Å². The third-order valence-electron chi connectivity index (χ3n) is 5.25. The Balaban J connectivity index is 1.57. The van der Waals surface area contributed by atoms with Crippen LogP contribution >= 0.6 is 11.3 Å². The van der Waals surface area contributed by atoms with Gasteiger partial charge in [-0.2, -0.15) is 0 Å². The number of amides is 1. The van der Waals surface area contributed by atoms with E-state index in [0.29, 0.717) is 17.2 Å². The molecule has 1 atom stereocenters. The van der Waals surface area contributed by atoms with Crippen molar-refractivity contribution in [3.63, 3.8) is 0 Å². The second kappa shape index (κ2) is 8.29. The van der Waals surface area contributed by atoms with Gasteiger partial charge in [-0.3, -0.25) is 4.79 Å². The molecule has 4 rings (SSSR count). The third kappa shape index (κ3) is 3.74. The number of hydrogen-bond acceptors (Lipinski definition) is 6. The third-order valence-corrected chi connectivity index (χ3v) is 6.39. The molecule has 1 amide bonds. The summed E-state index contributed by atoms with van der Waals surface area (Å²) in [6, 6.07) is 11.8. The summed E-state index contributed by atoms with van der Waals surface area (Å²) in [7, 11) is 4.72. The molecular formula is C22H24N2O4S. The van der Waals surface area contributed by atoms with Crippen LogP contribution in [0.25, 0.3) is 10.2 Å². The maximum atomic E-state index is 13.2. The molecule has 0 N–H and O–H groups in total. The number of hydrogen-bond donors (Lipinski definition) is 0. The average Bonchev–Trinajstić information content (AvgIpc) is 3.39. The Bertz CT molecular complexity index is 975. The number of thiazole rings is 1. The van der Waals surface area contributed by atoms with E-state index in [1.807, 2.05) is 35.2 Å². The molecule has 1 aliphatic rings. The Morgan fingerprint density at radius 3 is 2.52 bits per heavy atom. The predicted molar refractivity (Wildman–Crippen MR) is 113 cm³/mol. The van der Waals surface area contributed by atoms with Crippen molar-refractivity contribution >= 4 is 27.5 Å². The van der Waals surface area contributed by atoms with Gasteiger partial charge in [0, 0.05) is 6.54 Å². The van der Waals surface area contributed by atoms with Gasteiger partial charge in [-0.25, -0.2) is 4.98 Å². The van der Waals surface area contributed by atoms with E-state index < -0.39 is 0 Å². The number of para-hydroxylation sites is 1. The summed E-state index contributed by atoms with van der Waals surface area (Å²) in [6.45, 7) is 0.754. The number of benzene rings is 2. The number of ether oxygens (including phenoxy) is 3. The summed E-state index contributed by atoms with van der Waals surface area (Å²) in [5.41, 5.74) is 1.83. The molecule has 2 aromatic carbocycles. The molecule has 1 aliphatic heterocycles. The Labute approximate surface area is 174 Å². The van der Waals surface area contributed by atoms with Gasteiger partial charge >= 0.3 is 0 Å². The highest BCUT2D eigenvalue weighted by Gasteiger charge is 2.32. The minimum Gasteiger partial charge on any atom is -0.493 e. The molecule has 0 saturated carbocycles. The van der Waals surface area contributed by atoms with Gasteiger partial charge in [-0.05, 0) is 42.7 Å². The van der Waals surface area contributed by atoms with Crippen molar-refractivity contribution in [1.29, 1.82) is 0 Å². The van der Waals surface area contributed by atoms with Gasteiger partial charge in [0.25, 0.3) is 0 Å². The van der Waals surface area contributed by atoms with Crippen molar-refractivity contribution in [3.05, 3.63) is 47.0 Å². The number of methoxy groups -OCH3 is 3. The second-order valence-electron chi connectivity index (χ2n) is 6.98. The molecule has 1 saturated heterocycles. The molecule has 29 heavy (non-hydrogen) atoms. The molecule has 0 radical (unpaired) electrons. The van der Waals surface area contributed by atoms with Crippen LogP contribution < -0.4 is 14.2 Å². The normalized spacial score (nSPS) is 16.2. The lowest BCUT2D eigenvalue weighted by molar-refractivity contribution is -0.131. The van der Waals surface area contributed by atoms with Crippen molar-refractivity contribution in [2.24, 2.45) is 0 Å². The minimum atomic E-state index is 0.0435. The van der Waals surface area contributed by atoms with Crippen LogP contribution in [0.5, 0.6) is 17.2 Å². The predicted octanol–water partition coefficient (Wildman–Crippen LogP) is 4.23. The Morgan fingerprint density at radius 1 is 1.14 bits per heavy atom. The number of aromatic nitrogens is 1. The number of fused-ring (bicyclic) bond motifs is 1. The van der Waals surface area contributed by atoms with Gasteiger partial charge < -0.3 is 19.1 Å². The van der Waals surface area contributed by atoms with Crippen LogP contribution in [0.1, 0.15) is 29.5 Å². The fraction of sp³-hybridized carbons (Fsp3) is 0.364. The fourth-order valence-corrected chi connectivity index (χ4v) is 4.98. The first-order valence-electron chi connectivity index (χ1n) is 9.58. The summed E-state index contributed by atoms with van der Waals surface area (Å²) in [5, 5.41) is 1.02. The first-order chi connectivity index (χ1) is 14.1. The van der Waals surface area contributed by atoms with Crippen LogP contribution in [0.15, 0.2) is 36.4 Å². The molecular weight excluding hydrogens is 388 g/mol. The van der Waals surface area contributed by atoms with Crippen LogP contribution in [0.4, 0.5) is 0 Å². The smallest absolute Gasteiger partial charge is 0.227 e. The van der Waals surface area contributed by atoms with Gasteiger partial charge in [0.1, 0.15) is 5.01 Å². The molecule has 7 heteroatoms. The number of likely N-dealkylation sites (tertiary alicyclic amines) is 1. The van der Waals surface area contributed by atoms with Gasteiger partial charge in [0.15, 0.2) is 11.5 Å². The molecule has 1 fully saturated rings. The highest BCUT2D eigenvalue weighted by atomic mass is 32.1. The van der Waals surface area contributed by atoms with Crippen LogP contribution in [-0.2, 0) is 11.2 Å². The average molecular weight is 413 g/mol. The van der Waals surface area contributed by atoms with E-state index in [1.165, 1.54) is 0 Å². The topological polar surface area (TPSA) is 60.9 Å². The van der Waals surface area contributed by atoms with Crippen molar-refractivity contribution < 1.29 is 19.0 Å². The monoisotopic (exact) mass is 412 g/mol. The van der Waals surface area contributed by atoms with Crippen molar-refractivity contribution in [3.8, 4) is 17.2 Å². The maximum absolute atomic E-state index is 13.2. The maximum Gasteiger partial charge on any atom is 0.227 e. The summed E-state index contributed by atoms with van der Waals surface area (Å²) in [4.78, 5) is 19.9. The number of carbonyl (C=O) groups excluding carboxylic acids is 1. The SMILES string of the molecule is COc1cc(CC(=O)N2CCCC2c2nc3ccccc3s2)cc(OC)c1OC. The lowest BCUT2D eigenvalue weighted by Gasteiger charge is -2.23. The standard InChI is InChI=1S/C22H24N2O4S/c1-26-17-11-14(12-18(27-2)21(17)28-3)13-20(25)24-10-6-8-16(24)22-23-15-7-4-5-9-19(15)29-22/h4-5,7,9,11-12,16H,6,8,10,13H2,1-3H3. The van der Waals surface area contributed by atoms with Crippen molar-refractivity contribution in [1.82, 2.24) is 9.88 Å². The minimum absolute atomic E-state index is 0.0435. The van der Waals surface area contributed by atoms with Gasteiger partial charge in [-0.1, -0.05) is 12.1 Å². The summed E-state index contributed by atoms with van der Waals surface area (Å²) >= 11 is 1.68. The molecule has 0 aliphatic carbocycles. The highest BCUT2D eigenvalue weighted by Crippen LogP contribution is 2.40. The van der Waals surface area contributed by atoms with E-state index in [9.17, 15) is 4.79 Å². The fourth-order valence-electron chi connectivity index (χ4n) is 3.87. The van der Waals surface area contributed by atoms with Gasteiger partial charge in [0.05, 0.1) is 44.0 Å². The molecule has 2 heterocycles. The van der Waals surface area contributed by atoms with Gasteiger partial charge in [0.2, 0.25) is 11.7 Å². The molecule has 152 valence electrons. The molecule has 1 unspecified atom stereocenters. The number of carbonyl (C=O) groups is 1. The zero-order chi connectivity index (χ0) is 20.4. The van der Waals surface area contributed by atoms with E-state index in [0.717, 1.165) is 40.2 Å². The van der Waals surface area contributed by atoms with Crippen LogP contribution in [0, 0.1) is 0 Å². The summed E-state index contributed by atoms with van der Waals surface area (Å²) < 4.78 is 17.4. The van der Waals surface area contributed by atoms with Crippen molar-refractivity contribution in [2.45, 2.75) is 25.3 Å². The quantitative estimate of drug-likeness (QED) is 0.606. The first-order valence-corrected chi connectivity index (χ1v) is 10.4. The molecule has 0 spiro atoms.